The lowest BCUT2D eigenvalue weighted by molar-refractivity contribution is 0.305. The Morgan fingerprint density at radius 2 is 1.38 bits per heavy atom. The molecule has 0 aromatic heterocycles. The molecular weight excluding hydrogens is 160 g/mol. The second-order valence-corrected chi connectivity index (χ2v) is 3.13. The van der Waals surface area contributed by atoms with Crippen LogP contribution in [-0.4, -0.2) is 38.1 Å². The highest BCUT2D eigenvalue weighted by atomic mass is 15.1. The topological polar surface area (TPSA) is 15.3 Å². The third-order valence-corrected chi connectivity index (χ3v) is 2.07. The van der Waals surface area contributed by atoms with E-state index in [1.54, 1.807) is 0 Å². The lowest BCUT2D eigenvalue weighted by Gasteiger charge is -2.16. The summed E-state index contributed by atoms with van der Waals surface area (Å²) in [6.45, 7) is 13.3. The Kier molecular flexibility index (Phi) is 17.1. The van der Waals surface area contributed by atoms with E-state index >= 15 is 0 Å². The second-order valence-electron chi connectivity index (χ2n) is 3.13. The van der Waals surface area contributed by atoms with Crippen LogP contribution in [0.15, 0.2) is 0 Å². The molecule has 2 heteroatoms. The van der Waals surface area contributed by atoms with Crippen LogP contribution in [0, 0.1) is 0 Å². The van der Waals surface area contributed by atoms with Gasteiger partial charge in [0.1, 0.15) is 0 Å². The van der Waals surface area contributed by atoms with E-state index in [4.69, 9.17) is 0 Å². The third kappa shape index (κ3) is 14.7. The molecule has 0 rings (SSSR count). The zero-order valence-electron chi connectivity index (χ0n) is 10.2. The number of hydrogen-bond acceptors (Lipinski definition) is 2. The van der Waals surface area contributed by atoms with Crippen LogP contribution in [0.2, 0.25) is 0 Å². The van der Waals surface area contributed by atoms with E-state index in [2.05, 4.69) is 37.9 Å². The van der Waals surface area contributed by atoms with Gasteiger partial charge in [0, 0.05) is 13.1 Å². The van der Waals surface area contributed by atoms with Crippen molar-refractivity contribution in [3.63, 3.8) is 0 Å². The molecule has 0 aromatic rings. The van der Waals surface area contributed by atoms with E-state index in [9.17, 15) is 0 Å². The molecule has 0 saturated heterocycles. The Morgan fingerprint density at radius 1 is 0.923 bits per heavy atom. The standard InChI is InChI=1S/C7H18N2.C4H10/c1-4-9(5-2)7-6-8-3;1-3-4-2/h8H,4-7H2,1-3H3;3-4H2,1-2H3. The molecule has 0 radical (unpaired) electrons. The van der Waals surface area contributed by atoms with Gasteiger partial charge in [-0.1, -0.05) is 40.5 Å². The van der Waals surface area contributed by atoms with Gasteiger partial charge in [-0.15, -0.1) is 0 Å². The summed E-state index contributed by atoms with van der Waals surface area (Å²) in [5.74, 6) is 0. The summed E-state index contributed by atoms with van der Waals surface area (Å²) in [4.78, 5) is 2.40. The Bertz CT molecular complexity index is 68.5. The molecule has 0 heterocycles. The van der Waals surface area contributed by atoms with Gasteiger partial charge < -0.3 is 10.2 Å². The predicted molar refractivity (Wildman–Crippen MR) is 62.3 cm³/mol. The highest BCUT2D eigenvalue weighted by molar-refractivity contribution is 4.52. The van der Waals surface area contributed by atoms with Gasteiger partial charge in [0.2, 0.25) is 0 Å². The molecule has 0 aliphatic rings. The van der Waals surface area contributed by atoms with Crippen LogP contribution in [-0.2, 0) is 0 Å². The summed E-state index contributed by atoms with van der Waals surface area (Å²) < 4.78 is 0. The smallest absolute Gasteiger partial charge is 0.0106 e. The van der Waals surface area contributed by atoms with Crippen molar-refractivity contribution in [3.8, 4) is 0 Å². The molecule has 0 saturated carbocycles. The maximum atomic E-state index is 3.13. The number of nitrogens with zero attached hydrogens (tertiary/aromatic N) is 1. The first-order valence-electron chi connectivity index (χ1n) is 5.63. The molecule has 13 heavy (non-hydrogen) atoms. The second kappa shape index (κ2) is 14.4. The summed E-state index contributed by atoms with van der Waals surface area (Å²) in [5, 5.41) is 3.13. The predicted octanol–water partition coefficient (Wildman–Crippen LogP) is 2.35. The van der Waals surface area contributed by atoms with Crippen LogP contribution in [0.5, 0.6) is 0 Å². The Balaban J connectivity index is 0. The van der Waals surface area contributed by atoms with E-state index in [1.165, 1.54) is 19.4 Å². The van der Waals surface area contributed by atoms with Gasteiger partial charge in [0.25, 0.3) is 0 Å². The maximum absolute atomic E-state index is 3.13. The Hall–Kier alpha value is -0.0800. The molecule has 0 bridgehead atoms. The fraction of sp³-hybridized carbons (Fsp3) is 1.00. The molecule has 0 aliphatic heterocycles. The molecule has 0 fully saturated rings. The SMILES string of the molecule is CCCC.CCN(CC)CCNC. The van der Waals surface area contributed by atoms with Crippen molar-refractivity contribution < 1.29 is 0 Å². The fourth-order valence-corrected chi connectivity index (χ4v) is 0.810. The number of rotatable bonds is 6. The average molecular weight is 188 g/mol. The average Bonchev–Trinajstić information content (AvgIpc) is 2.20. The fourth-order valence-electron chi connectivity index (χ4n) is 0.810. The summed E-state index contributed by atoms with van der Waals surface area (Å²) in [7, 11) is 1.99. The number of unbranched alkanes of at least 4 members (excludes halogenated alkanes) is 1. The minimum atomic E-state index is 1.10. The third-order valence-electron chi connectivity index (χ3n) is 2.07. The summed E-state index contributed by atoms with van der Waals surface area (Å²) in [6, 6.07) is 0. The molecule has 0 amide bonds. The van der Waals surface area contributed by atoms with Gasteiger partial charge in [-0.05, 0) is 20.1 Å². The highest BCUT2D eigenvalue weighted by Crippen LogP contribution is 1.82. The first-order chi connectivity index (χ1) is 6.26. The van der Waals surface area contributed by atoms with Gasteiger partial charge in [-0.25, -0.2) is 0 Å². The van der Waals surface area contributed by atoms with Crippen LogP contribution in [0.3, 0.4) is 0 Å². The number of hydrogen-bond donors (Lipinski definition) is 1. The lowest BCUT2D eigenvalue weighted by Crippen LogP contribution is -2.30. The van der Waals surface area contributed by atoms with Crippen LogP contribution >= 0.6 is 0 Å². The minimum Gasteiger partial charge on any atom is -0.318 e. The monoisotopic (exact) mass is 188 g/mol. The molecular formula is C11H28N2. The van der Waals surface area contributed by atoms with Crippen molar-refractivity contribution in [1.82, 2.24) is 10.2 Å². The van der Waals surface area contributed by atoms with Crippen molar-refractivity contribution >= 4 is 0 Å². The van der Waals surface area contributed by atoms with Crippen molar-refractivity contribution in [2.24, 2.45) is 0 Å². The molecule has 2 nitrogen and oxygen atoms in total. The van der Waals surface area contributed by atoms with Gasteiger partial charge in [0.15, 0.2) is 0 Å². The highest BCUT2D eigenvalue weighted by Gasteiger charge is 1.94. The van der Waals surface area contributed by atoms with Crippen molar-refractivity contribution in [1.29, 1.82) is 0 Å². The molecule has 1 N–H and O–H groups in total. The Labute approximate surface area is 84.7 Å². The normalized spacial score (nSPS) is 9.69. The first kappa shape index (κ1) is 15.4. The summed E-state index contributed by atoms with van der Waals surface area (Å²) in [6.07, 6.45) is 2.64. The molecule has 0 aromatic carbocycles. The largest absolute Gasteiger partial charge is 0.318 e. The zero-order valence-corrected chi connectivity index (χ0v) is 10.2. The summed E-state index contributed by atoms with van der Waals surface area (Å²) >= 11 is 0. The van der Waals surface area contributed by atoms with Gasteiger partial charge in [-0.3, -0.25) is 0 Å². The van der Waals surface area contributed by atoms with Crippen molar-refractivity contribution in [2.45, 2.75) is 40.5 Å². The van der Waals surface area contributed by atoms with Crippen LogP contribution in [0.25, 0.3) is 0 Å². The van der Waals surface area contributed by atoms with Gasteiger partial charge in [-0.2, -0.15) is 0 Å². The van der Waals surface area contributed by atoms with E-state index in [0.29, 0.717) is 0 Å². The molecule has 0 aliphatic carbocycles. The molecule has 0 unspecified atom stereocenters. The lowest BCUT2D eigenvalue weighted by atomic mass is 10.4. The first-order valence-corrected chi connectivity index (χ1v) is 5.63. The van der Waals surface area contributed by atoms with E-state index in [0.717, 1.165) is 19.6 Å². The van der Waals surface area contributed by atoms with Crippen molar-refractivity contribution in [2.75, 3.05) is 33.2 Å². The number of nitrogens with one attached hydrogen (secondary N) is 1. The quantitative estimate of drug-likeness (QED) is 0.688. The molecule has 82 valence electrons. The molecule has 0 spiro atoms. The van der Waals surface area contributed by atoms with Crippen molar-refractivity contribution in [3.05, 3.63) is 0 Å². The van der Waals surface area contributed by atoms with Crippen LogP contribution < -0.4 is 5.32 Å². The van der Waals surface area contributed by atoms with Gasteiger partial charge in [0.05, 0.1) is 0 Å². The minimum absolute atomic E-state index is 1.10. The van der Waals surface area contributed by atoms with Crippen LogP contribution in [0.1, 0.15) is 40.5 Å². The molecule has 0 atom stereocenters. The zero-order chi connectivity index (χ0) is 10.5. The van der Waals surface area contributed by atoms with Gasteiger partial charge >= 0.3 is 0 Å². The maximum Gasteiger partial charge on any atom is 0.0106 e. The Morgan fingerprint density at radius 3 is 1.62 bits per heavy atom. The summed E-state index contributed by atoms with van der Waals surface area (Å²) in [5.41, 5.74) is 0. The number of likely N-dealkylation sites (N-methyl/N-ethyl adjacent to an activating group) is 2. The van der Waals surface area contributed by atoms with E-state index < -0.39 is 0 Å². The van der Waals surface area contributed by atoms with E-state index in [1.807, 2.05) is 7.05 Å². The van der Waals surface area contributed by atoms with E-state index in [-0.39, 0.29) is 0 Å². The van der Waals surface area contributed by atoms with Crippen LogP contribution in [0.4, 0.5) is 0 Å².